The Hall–Kier alpha value is -4.32. The average molecular weight is 925 g/mol. The van der Waals surface area contributed by atoms with E-state index in [0.717, 1.165) is 57.8 Å². The summed E-state index contributed by atoms with van der Waals surface area (Å²) in [6.07, 6.45) is 6.43. The van der Waals surface area contributed by atoms with Gasteiger partial charge in [-0.1, -0.05) is 71.5 Å². The van der Waals surface area contributed by atoms with Crippen molar-refractivity contribution in [3.8, 4) is 11.8 Å². The van der Waals surface area contributed by atoms with E-state index in [0.29, 0.717) is 38.5 Å². The lowest BCUT2D eigenvalue weighted by atomic mass is 9.27. The molecule has 4 aromatic rings. The van der Waals surface area contributed by atoms with E-state index in [1.54, 1.807) is 0 Å². The highest BCUT2D eigenvalue weighted by molar-refractivity contribution is 7.82. The highest BCUT2D eigenvalue weighted by atomic mass is 31.2. The van der Waals surface area contributed by atoms with Gasteiger partial charge in [-0.2, -0.15) is 0 Å². The van der Waals surface area contributed by atoms with Crippen molar-refractivity contribution >= 4 is 30.0 Å². The second kappa shape index (κ2) is 19.8. The van der Waals surface area contributed by atoms with E-state index >= 15 is 52.7 Å². The molecule has 0 aliphatic heterocycles. The zero-order valence-corrected chi connectivity index (χ0v) is 34.7. The highest BCUT2D eigenvalue weighted by Gasteiger charge is 2.58. The summed E-state index contributed by atoms with van der Waals surface area (Å²) in [5, 5.41) is 0. The van der Waals surface area contributed by atoms with Crippen LogP contribution in [0, 0.1) is 106 Å². The molecule has 0 heterocycles. The van der Waals surface area contributed by atoms with E-state index in [-0.39, 0.29) is 17.0 Å². The first-order valence-electron chi connectivity index (χ1n) is 20.7. The average Bonchev–Trinajstić information content (AvgIpc) is 3.30. The zero-order chi connectivity index (χ0) is 46.0. The molecule has 63 heavy (non-hydrogen) atoms. The molecule has 0 atom stereocenters. The van der Waals surface area contributed by atoms with Crippen molar-refractivity contribution in [1.82, 2.24) is 0 Å². The fourth-order valence-electron chi connectivity index (χ4n) is 9.97. The maximum atomic E-state index is 16.1. The highest BCUT2D eigenvalue weighted by Crippen LogP contribution is 2.76. The van der Waals surface area contributed by atoms with Crippen LogP contribution in [0.4, 0.5) is 65.9 Å². The standard InChI is InChI=1S/C38H33BF15OP.C7H8/c40-24-21(25(41)31(47)36(52)30(24)46)39(22-26(42)32(48)37(53)33(49)27(22)43,23-28(44)34(50)38(54)35(51)29(23)45)55-16-17-56(18-10-4-1-5-11-18,19-12-6-2-7-13-19)20-14-8-3-9-15-20;1-7-5-3-2-4-6-7/h18-20H,1-15H2;2-6H,1H3. The molecule has 3 saturated carbocycles. The summed E-state index contributed by atoms with van der Waals surface area (Å²) in [7, 11) is -2.90. The molecule has 18 heteroatoms. The first-order valence-corrected chi connectivity index (χ1v) is 22.7. The second-order valence-electron chi connectivity index (χ2n) is 16.4. The molecule has 4 aromatic carbocycles. The van der Waals surface area contributed by atoms with Crippen molar-refractivity contribution in [2.24, 2.45) is 0 Å². The van der Waals surface area contributed by atoms with Gasteiger partial charge in [0, 0.05) is 0 Å². The normalized spacial score (nSPS) is 16.9. The van der Waals surface area contributed by atoms with E-state index in [1.165, 1.54) is 5.56 Å². The van der Waals surface area contributed by atoms with Gasteiger partial charge in [0.05, 0.1) is 17.0 Å². The number of hydrogen-bond donors (Lipinski definition) is 0. The second-order valence-corrected chi connectivity index (χ2v) is 20.5. The monoisotopic (exact) mass is 924 g/mol. The Morgan fingerprint density at radius 1 is 0.397 bits per heavy atom. The Balaban J connectivity index is 0.000000859. The Labute approximate surface area is 355 Å². The van der Waals surface area contributed by atoms with Gasteiger partial charge in [-0.25, -0.2) is 65.9 Å². The van der Waals surface area contributed by atoms with Crippen molar-refractivity contribution in [2.45, 2.75) is 120 Å². The van der Waals surface area contributed by atoms with Gasteiger partial charge in [0.1, 0.15) is 53.9 Å². The fraction of sp³-hybridized carbons (Fsp3) is 0.422. The van der Waals surface area contributed by atoms with Crippen LogP contribution in [-0.2, 0) is 4.65 Å². The van der Waals surface area contributed by atoms with Crippen LogP contribution < -0.4 is 16.4 Å². The first-order chi connectivity index (χ1) is 29.9. The quantitative estimate of drug-likeness (QED) is 0.0448. The molecule has 0 bridgehead atoms. The number of aryl methyl sites for hydroxylation is 1. The smallest absolute Gasteiger partial charge is 0.275 e. The number of hydrogen-bond acceptors (Lipinski definition) is 1. The summed E-state index contributed by atoms with van der Waals surface area (Å²) in [5.41, 5.74) is -4.62. The van der Waals surface area contributed by atoms with Gasteiger partial charge in [-0.15, -0.1) is 0 Å². The Morgan fingerprint density at radius 3 is 0.889 bits per heavy atom. The molecule has 3 fully saturated rings. The van der Waals surface area contributed by atoms with E-state index in [2.05, 4.69) is 24.7 Å². The van der Waals surface area contributed by atoms with Crippen molar-refractivity contribution in [3.05, 3.63) is 123 Å². The molecule has 0 amide bonds. The van der Waals surface area contributed by atoms with E-state index in [4.69, 9.17) is 4.65 Å². The summed E-state index contributed by atoms with van der Waals surface area (Å²) < 4.78 is 235. The number of halogens is 15. The third-order valence-electron chi connectivity index (χ3n) is 12.9. The van der Waals surface area contributed by atoms with Crippen LogP contribution in [0.2, 0.25) is 0 Å². The minimum absolute atomic E-state index is 0.169. The Morgan fingerprint density at radius 2 is 0.651 bits per heavy atom. The minimum Gasteiger partial charge on any atom is -0.651 e. The third kappa shape index (κ3) is 8.66. The molecule has 7 rings (SSSR count). The van der Waals surface area contributed by atoms with Crippen LogP contribution in [-0.4, -0.2) is 23.3 Å². The van der Waals surface area contributed by atoms with Crippen LogP contribution in [0.1, 0.15) is 102 Å². The van der Waals surface area contributed by atoms with Crippen molar-refractivity contribution in [3.63, 3.8) is 0 Å². The predicted molar refractivity (Wildman–Crippen MR) is 211 cm³/mol. The lowest BCUT2D eigenvalue weighted by Crippen LogP contribution is -2.74. The lowest BCUT2D eigenvalue weighted by molar-refractivity contribution is 0.373. The van der Waals surface area contributed by atoms with Crippen LogP contribution in [0.5, 0.6) is 0 Å². The summed E-state index contributed by atoms with van der Waals surface area (Å²) in [6.45, 7) is 2.08. The first kappa shape index (κ1) is 48.1. The molecule has 0 radical (unpaired) electrons. The van der Waals surface area contributed by atoms with Gasteiger partial charge in [-0.05, 0) is 84.0 Å². The zero-order valence-electron chi connectivity index (χ0n) is 33.8. The molecular weight excluding hydrogens is 883 g/mol. The number of benzene rings is 4. The predicted octanol–water partition coefficient (Wildman–Crippen LogP) is 12.7. The van der Waals surface area contributed by atoms with Gasteiger partial charge in [0.2, 0.25) is 0 Å². The Bertz CT molecular complexity index is 2080. The van der Waals surface area contributed by atoms with E-state index in [1.807, 2.05) is 24.3 Å². The van der Waals surface area contributed by atoms with Crippen LogP contribution in [0.15, 0.2) is 30.3 Å². The Kier molecular flexibility index (Phi) is 15.2. The van der Waals surface area contributed by atoms with Gasteiger partial charge in [0.15, 0.2) is 52.4 Å². The molecule has 1 nitrogen and oxygen atoms in total. The van der Waals surface area contributed by atoms with Crippen LogP contribution in [0.3, 0.4) is 0 Å². The van der Waals surface area contributed by atoms with Crippen molar-refractivity contribution in [2.75, 3.05) is 0 Å². The summed E-state index contributed by atoms with van der Waals surface area (Å²) in [5.74, 6) is -46.0. The van der Waals surface area contributed by atoms with Crippen molar-refractivity contribution < 1.29 is 70.5 Å². The van der Waals surface area contributed by atoms with Gasteiger partial charge >= 0.3 is 0 Å². The SMILES string of the molecule is Cc1ccccc1.Fc1c(F)c(F)c([B-](OC#C[P+](C2CCCCC2)(C2CCCCC2)C2CCCCC2)(c2c(F)c(F)c(F)c(F)c2F)c2c(F)c(F)c(F)c(F)c2F)c(F)c1F. The van der Waals surface area contributed by atoms with E-state index in [9.17, 15) is 13.2 Å². The molecule has 0 spiro atoms. The van der Waals surface area contributed by atoms with E-state index < -0.39 is 117 Å². The molecule has 0 N–H and O–H groups in total. The topological polar surface area (TPSA) is 9.23 Å². The molecule has 3 aliphatic rings. The lowest BCUT2D eigenvalue weighted by Gasteiger charge is -2.45. The maximum absolute atomic E-state index is 16.1. The van der Waals surface area contributed by atoms with Gasteiger partial charge in [0.25, 0.3) is 6.35 Å². The van der Waals surface area contributed by atoms with Gasteiger partial charge in [-0.3, -0.25) is 0 Å². The molecule has 3 aliphatic carbocycles. The summed E-state index contributed by atoms with van der Waals surface area (Å²) in [4.78, 5) is 0. The molecular formula is C45H41BF15OP. The minimum atomic E-state index is -6.19. The van der Waals surface area contributed by atoms with Crippen LogP contribution >= 0.6 is 7.26 Å². The molecule has 0 aromatic heterocycles. The third-order valence-corrected chi connectivity index (χ3v) is 18.6. The number of rotatable bonds is 7. The largest absolute Gasteiger partial charge is 0.651 e. The fourth-order valence-corrected chi connectivity index (χ4v) is 16.2. The summed E-state index contributed by atoms with van der Waals surface area (Å²) in [6, 6.07) is 10.3. The maximum Gasteiger partial charge on any atom is 0.275 e. The van der Waals surface area contributed by atoms with Crippen LogP contribution in [0.25, 0.3) is 0 Å². The summed E-state index contributed by atoms with van der Waals surface area (Å²) >= 11 is 0. The molecule has 0 unspecified atom stereocenters. The van der Waals surface area contributed by atoms with Crippen molar-refractivity contribution in [1.29, 1.82) is 0 Å². The molecule has 340 valence electrons. The van der Waals surface area contributed by atoms with Gasteiger partial charge < -0.3 is 4.65 Å². The molecule has 0 saturated heterocycles.